The lowest BCUT2D eigenvalue weighted by atomic mass is 10.1. The molecule has 0 aliphatic heterocycles. The minimum atomic E-state index is -0.146. The Kier molecular flexibility index (Phi) is 5.32. The van der Waals surface area contributed by atoms with Gasteiger partial charge in [-0.3, -0.25) is 9.78 Å². The van der Waals surface area contributed by atoms with Gasteiger partial charge in [0.15, 0.2) is 0 Å². The highest BCUT2D eigenvalue weighted by molar-refractivity contribution is 6.04. The molecule has 0 saturated heterocycles. The van der Waals surface area contributed by atoms with Gasteiger partial charge in [0.05, 0.1) is 11.3 Å². The summed E-state index contributed by atoms with van der Waals surface area (Å²) in [5, 5.41) is 6.11. The molecule has 2 N–H and O–H groups in total. The summed E-state index contributed by atoms with van der Waals surface area (Å²) in [6.07, 6.45) is 5.32. The van der Waals surface area contributed by atoms with E-state index in [0.717, 1.165) is 30.8 Å². The quantitative estimate of drug-likeness (QED) is 0.849. The predicted octanol–water partition coefficient (Wildman–Crippen LogP) is 3.72. The average molecular weight is 283 g/mol. The van der Waals surface area contributed by atoms with Gasteiger partial charge in [0.1, 0.15) is 0 Å². The lowest BCUT2D eigenvalue weighted by Crippen LogP contribution is -2.13. The summed E-state index contributed by atoms with van der Waals surface area (Å²) in [6, 6.07) is 9.70. The van der Waals surface area contributed by atoms with Crippen LogP contribution in [0, 0.1) is 0 Å². The zero-order valence-corrected chi connectivity index (χ0v) is 12.5. The van der Waals surface area contributed by atoms with E-state index in [1.807, 2.05) is 30.3 Å². The van der Waals surface area contributed by atoms with Gasteiger partial charge >= 0.3 is 0 Å². The van der Waals surface area contributed by atoms with Crippen LogP contribution in [0.25, 0.3) is 0 Å². The molecule has 0 bridgehead atoms. The molecular formula is C17H21N3O. The summed E-state index contributed by atoms with van der Waals surface area (Å²) in [6.45, 7) is 5.07. The van der Waals surface area contributed by atoms with Crippen molar-refractivity contribution in [1.29, 1.82) is 0 Å². The van der Waals surface area contributed by atoms with E-state index in [2.05, 4.69) is 29.5 Å². The second-order valence-electron chi connectivity index (χ2n) is 4.89. The molecule has 0 aliphatic carbocycles. The Morgan fingerprint density at radius 3 is 2.52 bits per heavy atom. The van der Waals surface area contributed by atoms with Gasteiger partial charge in [-0.15, -0.1) is 0 Å². The largest absolute Gasteiger partial charge is 0.384 e. The fourth-order valence-electron chi connectivity index (χ4n) is 1.96. The fourth-order valence-corrected chi connectivity index (χ4v) is 1.96. The Bertz CT molecular complexity index is 593. The van der Waals surface area contributed by atoms with Gasteiger partial charge in [0, 0.05) is 24.6 Å². The van der Waals surface area contributed by atoms with Gasteiger partial charge in [-0.05, 0) is 36.6 Å². The van der Waals surface area contributed by atoms with Crippen LogP contribution in [0.3, 0.4) is 0 Å². The molecule has 0 fully saturated rings. The minimum absolute atomic E-state index is 0.146. The minimum Gasteiger partial charge on any atom is -0.384 e. The number of anilines is 2. The molecule has 2 rings (SSSR count). The molecule has 110 valence electrons. The van der Waals surface area contributed by atoms with Crippen molar-refractivity contribution in [2.45, 2.75) is 26.7 Å². The maximum absolute atomic E-state index is 12.2. The number of rotatable bonds is 6. The molecule has 0 atom stereocenters. The highest BCUT2D eigenvalue weighted by Gasteiger charge is 2.07. The number of carbonyl (C=O) groups is 1. The SMILES string of the molecule is CCCNc1cncc(C(=O)Nc2ccc(CC)cc2)c1. The number of hydrogen-bond donors (Lipinski definition) is 2. The molecule has 1 aromatic heterocycles. The Balaban J connectivity index is 2.05. The third-order valence-electron chi connectivity index (χ3n) is 3.20. The van der Waals surface area contributed by atoms with Gasteiger partial charge in [-0.1, -0.05) is 26.0 Å². The first-order chi connectivity index (χ1) is 10.2. The molecule has 2 aromatic rings. The van der Waals surface area contributed by atoms with Crippen molar-refractivity contribution in [2.24, 2.45) is 0 Å². The van der Waals surface area contributed by atoms with Crippen LogP contribution in [-0.4, -0.2) is 17.4 Å². The molecule has 1 amide bonds. The number of benzene rings is 1. The van der Waals surface area contributed by atoms with Crippen LogP contribution in [0.1, 0.15) is 36.2 Å². The van der Waals surface area contributed by atoms with Crippen LogP contribution in [0.15, 0.2) is 42.7 Å². The molecule has 1 heterocycles. The molecule has 1 aromatic carbocycles. The number of nitrogens with one attached hydrogen (secondary N) is 2. The van der Waals surface area contributed by atoms with E-state index in [4.69, 9.17) is 0 Å². The summed E-state index contributed by atoms with van der Waals surface area (Å²) in [5.74, 6) is -0.146. The number of nitrogens with zero attached hydrogens (tertiary/aromatic N) is 1. The lowest BCUT2D eigenvalue weighted by Gasteiger charge is -2.08. The van der Waals surface area contributed by atoms with Gasteiger partial charge in [-0.25, -0.2) is 0 Å². The van der Waals surface area contributed by atoms with Crippen molar-refractivity contribution in [3.63, 3.8) is 0 Å². The molecule has 0 unspecified atom stereocenters. The van der Waals surface area contributed by atoms with Crippen molar-refractivity contribution in [2.75, 3.05) is 17.2 Å². The highest BCUT2D eigenvalue weighted by atomic mass is 16.1. The normalized spacial score (nSPS) is 10.2. The monoisotopic (exact) mass is 283 g/mol. The zero-order valence-electron chi connectivity index (χ0n) is 12.5. The fraction of sp³-hybridized carbons (Fsp3) is 0.294. The summed E-state index contributed by atoms with van der Waals surface area (Å²) in [5.41, 5.74) is 3.46. The number of aryl methyl sites for hydroxylation is 1. The predicted molar refractivity (Wildman–Crippen MR) is 86.8 cm³/mol. The highest BCUT2D eigenvalue weighted by Crippen LogP contribution is 2.13. The third kappa shape index (κ3) is 4.31. The topological polar surface area (TPSA) is 54.0 Å². The zero-order chi connectivity index (χ0) is 15.1. The van der Waals surface area contributed by atoms with Crippen LogP contribution in [0.2, 0.25) is 0 Å². The van der Waals surface area contributed by atoms with Crippen LogP contribution in [0.5, 0.6) is 0 Å². The molecule has 4 nitrogen and oxygen atoms in total. The van der Waals surface area contributed by atoms with E-state index in [9.17, 15) is 4.79 Å². The Labute approximate surface area is 125 Å². The van der Waals surface area contributed by atoms with Crippen molar-refractivity contribution < 1.29 is 4.79 Å². The average Bonchev–Trinajstić information content (AvgIpc) is 2.54. The number of pyridine rings is 1. The first-order valence-electron chi connectivity index (χ1n) is 7.32. The maximum atomic E-state index is 12.2. The molecule has 0 aliphatic rings. The second kappa shape index (κ2) is 7.43. The summed E-state index contributed by atoms with van der Waals surface area (Å²) in [7, 11) is 0. The van der Waals surface area contributed by atoms with Gasteiger partial charge < -0.3 is 10.6 Å². The van der Waals surface area contributed by atoms with Crippen LogP contribution in [-0.2, 0) is 6.42 Å². The molecule has 4 heteroatoms. The molecular weight excluding hydrogens is 262 g/mol. The van der Waals surface area contributed by atoms with E-state index >= 15 is 0 Å². The Morgan fingerprint density at radius 1 is 1.10 bits per heavy atom. The third-order valence-corrected chi connectivity index (χ3v) is 3.20. The van der Waals surface area contributed by atoms with E-state index in [1.165, 1.54) is 5.56 Å². The van der Waals surface area contributed by atoms with Crippen LogP contribution < -0.4 is 10.6 Å². The van der Waals surface area contributed by atoms with E-state index in [0.29, 0.717) is 5.56 Å². The summed E-state index contributed by atoms with van der Waals surface area (Å²) >= 11 is 0. The van der Waals surface area contributed by atoms with Gasteiger partial charge in [0.2, 0.25) is 0 Å². The molecule has 0 radical (unpaired) electrons. The van der Waals surface area contributed by atoms with Crippen molar-refractivity contribution in [3.8, 4) is 0 Å². The molecule has 0 spiro atoms. The molecule has 21 heavy (non-hydrogen) atoms. The standard InChI is InChI=1S/C17H21N3O/c1-3-9-19-16-10-14(11-18-12-16)17(21)20-15-7-5-13(4-2)6-8-15/h5-8,10-12,19H,3-4,9H2,1-2H3,(H,20,21). The van der Waals surface area contributed by atoms with Crippen molar-refractivity contribution in [1.82, 2.24) is 4.98 Å². The van der Waals surface area contributed by atoms with E-state index in [1.54, 1.807) is 12.4 Å². The lowest BCUT2D eigenvalue weighted by molar-refractivity contribution is 0.102. The van der Waals surface area contributed by atoms with E-state index < -0.39 is 0 Å². The smallest absolute Gasteiger partial charge is 0.257 e. The van der Waals surface area contributed by atoms with Gasteiger partial charge in [-0.2, -0.15) is 0 Å². The number of hydrogen-bond acceptors (Lipinski definition) is 3. The van der Waals surface area contributed by atoms with Crippen LogP contribution in [0.4, 0.5) is 11.4 Å². The molecule has 0 saturated carbocycles. The number of aromatic nitrogens is 1. The first kappa shape index (κ1) is 15.0. The number of carbonyl (C=O) groups excluding carboxylic acids is 1. The summed E-state index contributed by atoms with van der Waals surface area (Å²) < 4.78 is 0. The first-order valence-corrected chi connectivity index (χ1v) is 7.32. The van der Waals surface area contributed by atoms with Gasteiger partial charge in [0.25, 0.3) is 5.91 Å². The summed E-state index contributed by atoms with van der Waals surface area (Å²) in [4.78, 5) is 16.3. The second-order valence-corrected chi connectivity index (χ2v) is 4.89. The van der Waals surface area contributed by atoms with Crippen molar-refractivity contribution in [3.05, 3.63) is 53.9 Å². The maximum Gasteiger partial charge on any atom is 0.257 e. The Hall–Kier alpha value is -2.36. The van der Waals surface area contributed by atoms with Crippen molar-refractivity contribution >= 4 is 17.3 Å². The van der Waals surface area contributed by atoms with Crippen LogP contribution >= 0.6 is 0 Å². The van der Waals surface area contributed by atoms with E-state index in [-0.39, 0.29) is 5.91 Å². The Morgan fingerprint density at radius 2 is 1.86 bits per heavy atom. The number of amides is 1.